The van der Waals surface area contributed by atoms with Crippen molar-refractivity contribution in [3.8, 4) is 0 Å². The molecule has 0 aliphatic rings. The first-order chi connectivity index (χ1) is 13.3. The van der Waals surface area contributed by atoms with Crippen LogP contribution in [0, 0.1) is 0 Å². The number of hydrogen-bond donors (Lipinski definition) is 3. The van der Waals surface area contributed by atoms with Crippen LogP contribution in [0.2, 0.25) is 6.04 Å². The fourth-order valence-electron chi connectivity index (χ4n) is 2.05. The maximum absolute atomic E-state index is 12.0. The lowest BCUT2D eigenvalue weighted by Gasteiger charge is -2.24. The quantitative estimate of drug-likeness (QED) is 0.0990. The van der Waals surface area contributed by atoms with Crippen LogP contribution in [0.15, 0.2) is 12.7 Å². The zero-order valence-electron chi connectivity index (χ0n) is 17.1. The fraction of sp³-hybridized carbons (Fsp3) is 0.750. The molecule has 12 heteroatoms. The Hall–Kier alpha value is -1.54. The van der Waals surface area contributed by atoms with Gasteiger partial charge in [-0.15, -0.1) is 0 Å². The molecule has 1 atom stereocenters. The van der Waals surface area contributed by atoms with Crippen LogP contribution in [0.1, 0.15) is 6.42 Å². The van der Waals surface area contributed by atoms with E-state index >= 15 is 0 Å². The molecule has 0 radical (unpaired) electrons. The van der Waals surface area contributed by atoms with Crippen molar-refractivity contribution >= 4 is 20.8 Å². The van der Waals surface area contributed by atoms with Gasteiger partial charge in [-0.1, -0.05) is 6.58 Å². The van der Waals surface area contributed by atoms with Crippen LogP contribution in [0.3, 0.4) is 0 Å². The summed E-state index contributed by atoms with van der Waals surface area (Å²) >= 11 is 0. The maximum Gasteiger partial charge on any atom is 0.500 e. The molecule has 0 aromatic carbocycles. The predicted octanol–water partition coefficient (Wildman–Crippen LogP) is -0.493. The maximum atomic E-state index is 12.0. The summed E-state index contributed by atoms with van der Waals surface area (Å²) in [5.74, 6) is -0.537. The van der Waals surface area contributed by atoms with Crippen molar-refractivity contribution in [1.82, 2.24) is 15.5 Å². The van der Waals surface area contributed by atoms with E-state index in [1.807, 2.05) is 0 Å². The van der Waals surface area contributed by atoms with E-state index in [-0.39, 0.29) is 32.3 Å². The molecule has 164 valence electrons. The molecule has 0 heterocycles. The lowest BCUT2D eigenvalue weighted by molar-refractivity contribution is -0.140. The number of ether oxygens (including phenoxy) is 2. The highest BCUT2D eigenvalue weighted by atomic mass is 28.4. The number of aliphatic hydroxyl groups is 1. The van der Waals surface area contributed by atoms with Crippen molar-refractivity contribution in [2.75, 3.05) is 61.2 Å². The number of urea groups is 1. The van der Waals surface area contributed by atoms with Crippen LogP contribution in [0.25, 0.3) is 0 Å². The standard InChI is InChI=1S/C16H33N3O8Si/c1-6-14(20)26-11-9-18-16(22)27-12-10-19(2)15(21)17-8-7-13-28(23-3,24-4)25-5/h6,16,18,22H,1,7-13H2,2-5H3,(H,17,21). The highest BCUT2D eigenvalue weighted by molar-refractivity contribution is 6.60. The summed E-state index contributed by atoms with van der Waals surface area (Å²) in [6.45, 7) is 4.41. The van der Waals surface area contributed by atoms with E-state index in [9.17, 15) is 14.7 Å². The zero-order valence-corrected chi connectivity index (χ0v) is 18.1. The highest BCUT2D eigenvalue weighted by Gasteiger charge is 2.36. The summed E-state index contributed by atoms with van der Waals surface area (Å²) in [5.41, 5.74) is 0. The number of aliphatic hydroxyl groups excluding tert-OH is 1. The molecule has 0 aromatic heterocycles. The first kappa shape index (κ1) is 26.5. The van der Waals surface area contributed by atoms with Gasteiger partial charge in [-0.2, -0.15) is 0 Å². The molecule has 0 aromatic rings. The summed E-state index contributed by atoms with van der Waals surface area (Å²) in [6, 6.07) is 0.325. The molecule has 1 unspecified atom stereocenters. The number of hydrogen-bond acceptors (Lipinski definition) is 9. The largest absolute Gasteiger partial charge is 0.500 e. The average Bonchev–Trinajstić information content (AvgIpc) is 2.71. The second kappa shape index (κ2) is 15.4. The topological polar surface area (TPSA) is 128 Å². The number of rotatable bonds is 16. The van der Waals surface area contributed by atoms with E-state index in [1.165, 1.54) is 4.90 Å². The van der Waals surface area contributed by atoms with E-state index in [0.29, 0.717) is 19.0 Å². The molecule has 2 amide bonds. The van der Waals surface area contributed by atoms with Crippen LogP contribution >= 0.6 is 0 Å². The van der Waals surface area contributed by atoms with Crippen LogP contribution in [-0.2, 0) is 27.5 Å². The lowest BCUT2D eigenvalue weighted by Crippen LogP contribution is -2.44. The van der Waals surface area contributed by atoms with Gasteiger partial charge >= 0.3 is 20.8 Å². The molecule has 0 saturated heterocycles. The zero-order chi connectivity index (χ0) is 21.4. The Labute approximate surface area is 167 Å². The first-order valence-corrected chi connectivity index (χ1v) is 10.7. The molecule has 28 heavy (non-hydrogen) atoms. The summed E-state index contributed by atoms with van der Waals surface area (Å²) < 4.78 is 25.8. The van der Waals surface area contributed by atoms with Crippen molar-refractivity contribution < 1.29 is 37.4 Å². The van der Waals surface area contributed by atoms with E-state index < -0.39 is 21.2 Å². The number of nitrogens with one attached hydrogen (secondary N) is 2. The summed E-state index contributed by atoms with van der Waals surface area (Å²) in [7, 11) is 3.62. The summed E-state index contributed by atoms with van der Waals surface area (Å²) in [4.78, 5) is 24.3. The van der Waals surface area contributed by atoms with Gasteiger partial charge in [0.05, 0.1) is 6.61 Å². The van der Waals surface area contributed by atoms with Gasteiger partial charge in [-0.3, -0.25) is 5.32 Å². The second-order valence-corrected chi connectivity index (χ2v) is 8.69. The number of carbonyl (C=O) groups is 2. The van der Waals surface area contributed by atoms with Crippen LogP contribution in [0.5, 0.6) is 0 Å². The Morgan fingerprint density at radius 2 is 1.82 bits per heavy atom. The van der Waals surface area contributed by atoms with Crippen molar-refractivity contribution in [1.29, 1.82) is 0 Å². The van der Waals surface area contributed by atoms with E-state index in [0.717, 1.165) is 6.08 Å². The molecule has 0 fully saturated rings. The third-order valence-electron chi connectivity index (χ3n) is 3.75. The van der Waals surface area contributed by atoms with Gasteiger partial charge in [0.15, 0.2) is 0 Å². The number of likely N-dealkylation sites (N-methyl/N-ethyl adjacent to an activating group) is 1. The molecule has 0 aliphatic carbocycles. The van der Waals surface area contributed by atoms with Gasteiger partial charge in [-0.05, 0) is 6.42 Å². The normalized spacial score (nSPS) is 12.3. The smallest absolute Gasteiger partial charge is 0.461 e. The van der Waals surface area contributed by atoms with Gasteiger partial charge in [-0.25, -0.2) is 9.59 Å². The van der Waals surface area contributed by atoms with Gasteiger partial charge in [0, 0.05) is 60.1 Å². The van der Waals surface area contributed by atoms with Crippen LogP contribution in [-0.4, -0.2) is 98.5 Å². The van der Waals surface area contributed by atoms with E-state index in [4.69, 9.17) is 22.8 Å². The Balaban J connectivity index is 3.85. The van der Waals surface area contributed by atoms with Gasteiger partial charge < -0.3 is 38.1 Å². The Morgan fingerprint density at radius 1 is 1.18 bits per heavy atom. The SMILES string of the molecule is C=CC(=O)OCCNC(O)OCCN(C)C(=O)NCCC[Si](OC)(OC)OC. The van der Waals surface area contributed by atoms with Crippen molar-refractivity contribution in [2.24, 2.45) is 0 Å². The molecule has 11 nitrogen and oxygen atoms in total. The summed E-state index contributed by atoms with van der Waals surface area (Å²) in [5, 5.41) is 15.0. The van der Waals surface area contributed by atoms with Gasteiger partial charge in [0.1, 0.15) is 6.61 Å². The molecule has 0 saturated carbocycles. The number of carbonyl (C=O) groups excluding carboxylic acids is 2. The molecule has 0 spiro atoms. The summed E-state index contributed by atoms with van der Waals surface area (Å²) in [6.07, 6.45) is 0.476. The fourth-order valence-corrected chi connectivity index (χ4v) is 3.77. The molecule has 3 N–H and O–H groups in total. The Kier molecular flexibility index (Phi) is 14.5. The van der Waals surface area contributed by atoms with Gasteiger partial charge in [0.2, 0.25) is 6.41 Å². The second-order valence-electron chi connectivity index (χ2n) is 5.60. The highest BCUT2D eigenvalue weighted by Crippen LogP contribution is 2.14. The number of esters is 1. The minimum absolute atomic E-state index is 0.0763. The molecular weight excluding hydrogens is 390 g/mol. The monoisotopic (exact) mass is 423 g/mol. The average molecular weight is 424 g/mol. The number of amides is 2. The van der Waals surface area contributed by atoms with E-state index in [2.05, 4.69) is 17.2 Å². The Morgan fingerprint density at radius 3 is 2.39 bits per heavy atom. The van der Waals surface area contributed by atoms with Crippen molar-refractivity contribution in [3.63, 3.8) is 0 Å². The van der Waals surface area contributed by atoms with Crippen molar-refractivity contribution in [2.45, 2.75) is 18.9 Å². The van der Waals surface area contributed by atoms with Crippen LogP contribution < -0.4 is 10.6 Å². The first-order valence-electron chi connectivity index (χ1n) is 8.80. The molecule has 0 aliphatic heterocycles. The van der Waals surface area contributed by atoms with Gasteiger partial charge in [0.25, 0.3) is 0 Å². The third-order valence-corrected chi connectivity index (χ3v) is 6.58. The Bertz CT molecular complexity index is 457. The lowest BCUT2D eigenvalue weighted by atomic mass is 10.5. The van der Waals surface area contributed by atoms with Crippen molar-refractivity contribution in [3.05, 3.63) is 12.7 Å². The number of nitrogens with zero attached hydrogens (tertiary/aromatic N) is 1. The molecule has 0 bridgehead atoms. The third kappa shape index (κ3) is 11.3. The molecule has 0 rings (SSSR count). The van der Waals surface area contributed by atoms with Crippen LogP contribution in [0.4, 0.5) is 4.79 Å². The predicted molar refractivity (Wildman–Crippen MR) is 103 cm³/mol. The van der Waals surface area contributed by atoms with E-state index in [1.54, 1.807) is 28.4 Å². The molecular formula is C16H33N3O8Si. The minimum Gasteiger partial charge on any atom is -0.461 e. The minimum atomic E-state index is -2.62.